The van der Waals surface area contributed by atoms with Gasteiger partial charge in [0.2, 0.25) is 5.91 Å². The number of hydrogen-bond donors (Lipinski definition) is 1. The van der Waals surface area contributed by atoms with E-state index in [4.69, 9.17) is 0 Å². The highest BCUT2D eigenvalue weighted by Gasteiger charge is 2.20. The highest BCUT2D eigenvalue weighted by molar-refractivity contribution is 5.79. The van der Waals surface area contributed by atoms with Gasteiger partial charge in [0.05, 0.1) is 18.4 Å². The van der Waals surface area contributed by atoms with Crippen LogP contribution >= 0.6 is 0 Å². The number of aromatic nitrogens is 4. The van der Waals surface area contributed by atoms with Crippen LogP contribution in [-0.2, 0) is 11.3 Å². The van der Waals surface area contributed by atoms with E-state index >= 15 is 0 Å². The standard InChI is InChI=1S/C18H32N6O/c1-13(2)24-15-10-20-23(17(15)14(3)21-24)9-8-16(25)19-11-18(4,5)12-22(6)7/h10,13H,8-9,11-12H2,1-7H3,(H,19,25). The van der Waals surface area contributed by atoms with Gasteiger partial charge in [-0.1, -0.05) is 13.8 Å². The van der Waals surface area contributed by atoms with Gasteiger partial charge in [-0.3, -0.25) is 14.2 Å². The van der Waals surface area contributed by atoms with Crippen molar-refractivity contribution in [1.82, 2.24) is 29.8 Å². The van der Waals surface area contributed by atoms with Crippen molar-refractivity contribution in [3.8, 4) is 0 Å². The lowest BCUT2D eigenvalue weighted by Gasteiger charge is -2.28. The van der Waals surface area contributed by atoms with Crippen LogP contribution in [0.5, 0.6) is 0 Å². The van der Waals surface area contributed by atoms with Crippen LogP contribution < -0.4 is 5.32 Å². The van der Waals surface area contributed by atoms with Crippen LogP contribution in [0.2, 0.25) is 0 Å². The second-order valence-corrected chi connectivity index (χ2v) is 8.15. The number of fused-ring (bicyclic) bond motifs is 1. The molecule has 0 aliphatic rings. The maximum Gasteiger partial charge on any atom is 0.221 e. The maximum atomic E-state index is 12.2. The van der Waals surface area contributed by atoms with Crippen molar-refractivity contribution in [3.05, 3.63) is 11.9 Å². The van der Waals surface area contributed by atoms with Crippen LogP contribution in [-0.4, -0.2) is 57.6 Å². The molecule has 140 valence electrons. The highest BCUT2D eigenvalue weighted by Crippen LogP contribution is 2.21. The van der Waals surface area contributed by atoms with Gasteiger partial charge in [-0.15, -0.1) is 0 Å². The summed E-state index contributed by atoms with van der Waals surface area (Å²) in [5.74, 6) is 0.0596. The van der Waals surface area contributed by atoms with Crippen LogP contribution in [0.3, 0.4) is 0 Å². The van der Waals surface area contributed by atoms with Crippen LogP contribution in [0.1, 0.15) is 45.9 Å². The molecule has 7 heteroatoms. The summed E-state index contributed by atoms with van der Waals surface area (Å²) in [7, 11) is 4.10. The fourth-order valence-corrected chi connectivity index (χ4v) is 3.29. The Balaban J connectivity index is 1.95. The molecular formula is C18H32N6O. The molecule has 25 heavy (non-hydrogen) atoms. The van der Waals surface area contributed by atoms with Crippen molar-refractivity contribution in [2.24, 2.45) is 5.41 Å². The van der Waals surface area contributed by atoms with Crippen LogP contribution in [0.25, 0.3) is 11.0 Å². The molecule has 7 nitrogen and oxygen atoms in total. The van der Waals surface area contributed by atoms with Crippen molar-refractivity contribution in [2.75, 3.05) is 27.2 Å². The summed E-state index contributed by atoms with van der Waals surface area (Å²) in [6.45, 7) is 12.7. The lowest BCUT2D eigenvalue weighted by molar-refractivity contribution is -0.121. The number of carbonyl (C=O) groups excluding carboxylic acids is 1. The Morgan fingerprint density at radius 1 is 1.36 bits per heavy atom. The van der Waals surface area contributed by atoms with Crippen molar-refractivity contribution >= 4 is 16.9 Å². The fraction of sp³-hybridized carbons (Fsp3) is 0.722. The summed E-state index contributed by atoms with van der Waals surface area (Å²) in [5, 5.41) is 12.1. The number of amides is 1. The molecule has 0 unspecified atom stereocenters. The third kappa shape index (κ3) is 4.81. The topological polar surface area (TPSA) is 68.0 Å². The molecule has 0 bridgehead atoms. The molecule has 0 saturated carbocycles. The molecule has 0 aromatic carbocycles. The average molecular weight is 348 g/mol. The van der Waals surface area contributed by atoms with Gasteiger partial charge in [-0.25, -0.2) is 0 Å². The van der Waals surface area contributed by atoms with Gasteiger partial charge < -0.3 is 10.2 Å². The van der Waals surface area contributed by atoms with E-state index < -0.39 is 0 Å². The van der Waals surface area contributed by atoms with Gasteiger partial charge in [0, 0.05) is 25.6 Å². The van der Waals surface area contributed by atoms with E-state index in [0.717, 1.165) is 23.3 Å². The first-order valence-electron chi connectivity index (χ1n) is 8.93. The van der Waals surface area contributed by atoms with Gasteiger partial charge in [0.25, 0.3) is 0 Å². The third-order valence-corrected chi connectivity index (χ3v) is 4.22. The smallest absolute Gasteiger partial charge is 0.221 e. The minimum atomic E-state index is 0.0487. The van der Waals surface area contributed by atoms with E-state index in [2.05, 4.69) is 48.1 Å². The molecule has 2 aromatic rings. The Labute approximate surface area is 150 Å². The van der Waals surface area contributed by atoms with Crippen molar-refractivity contribution < 1.29 is 4.79 Å². The van der Waals surface area contributed by atoms with Crippen molar-refractivity contribution in [3.63, 3.8) is 0 Å². The Morgan fingerprint density at radius 2 is 2.04 bits per heavy atom. The normalized spacial score (nSPS) is 12.5. The largest absolute Gasteiger partial charge is 0.355 e. The Hall–Kier alpha value is -1.89. The molecule has 0 aliphatic heterocycles. The maximum absolute atomic E-state index is 12.2. The molecule has 2 heterocycles. The highest BCUT2D eigenvalue weighted by atomic mass is 16.1. The van der Waals surface area contributed by atoms with Crippen molar-refractivity contribution in [2.45, 2.75) is 53.6 Å². The molecule has 0 radical (unpaired) electrons. The lowest BCUT2D eigenvalue weighted by Crippen LogP contribution is -2.40. The molecule has 0 spiro atoms. The molecule has 1 amide bonds. The Bertz CT molecular complexity index is 725. The van der Waals surface area contributed by atoms with E-state index in [0.29, 0.717) is 19.5 Å². The number of rotatable bonds is 8. The summed E-state index contributed by atoms with van der Waals surface area (Å²) < 4.78 is 3.87. The predicted octanol–water partition coefficient (Wildman–Crippen LogP) is 2.22. The van der Waals surface area contributed by atoms with Gasteiger partial charge in [-0.05, 0) is 40.3 Å². The first-order valence-corrected chi connectivity index (χ1v) is 8.93. The lowest BCUT2D eigenvalue weighted by atomic mass is 9.93. The van der Waals surface area contributed by atoms with Gasteiger partial charge in [0.15, 0.2) is 0 Å². The summed E-state index contributed by atoms with van der Waals surface area (Å²) in [5.41, 5.74) is 3.05. The minimum Gasteiger partial charge on any atom is -0.355 e. The fourth-order valence-electron chi connectivity index (χ4n) is 3.29. The molecule has 0 fully saturated rings. The van der Waals surface area contributed by atoms with E-state index in [9.17, 15) is 4.79 Å². The van der Waals surface area contributed by atoms with Gasteiger partial charge >= 0.3 is 0 Å². The van der Waals surface area contributed by atoms with Crippen LogP contribution in [0.4, 0.5) is 0 Å². The monoisotopic (exact) mass is 348 g/mol. The molecule has 1 N–H and O–H groups in total. The molecule has 2 aromatic heterocycles. The number of carbonyl (C=O) groups is 1. The van der Waals surface area contributed by atoms with E-state index in [-0.39, 0.29) is 17.4 Å². The second kappa shape index (κ2) is 7.56. The molecule has 0 atom stereocenters. The minimum absolute atomic E-state index is 0.0487. The molecular weight excluding hydrogens is 316 g/mol. The molecule has 2 rings (SSSR count). The summed E-state index contributed by atoms with van der Waals surface area (Å²) in [6, 6.07) is 0.288. The van der Waals surface area contributed by atoms with E-state index in [1.807, 2.05) is 36.6 Å². The van der Waals surface area contributed by atoms with Crippen molar-refractivity contribution in [1.29, 1.82) is 0 Å². The summed E-state index contributed by atoms with van der Waals surface area (Å²) >= 11 is 0. The number of hydrogen-bond acceptors (Lipinski definition) is 4. The average Bonchev–Trinajstić information content (AvgIpc) is 3.03. The van der Waals surface area contributed by atoms with E-state index in [1.54, 1.807) is 0 Å². The van der Waals surface area contributed by atoms with Crippen LogP contribution in [0.15, 0.2) is 6.20 Å². The Morgan fingerprint density at radius 3 is 2.64 bits per heavy atom. The number of nitrogens with one attached hydrogen (secondary N) is 1. The SMILES string of the molecule is Cc1nn(C(C)C)c2cnn(CCC(=O)NCC(C)(C)CN(C)C)c12. The first-order chi connectivity index (χ1) is 11.6. The van der Waals surface area contributed by atoms with E-state index in [1.165, 1.54) is 0 Å². The Kier molecular flexibility index (Phi) is 5.87. The zero-order valence-electron chi connectivity index (χ0n) is 16.6. The molecule has 0 saturated heterocycles. The zero-order chi connectivity index (χ0) is 18.8. The van der Waals surface area contributed by atoms with Gasteiger partial charge in [0.1, 0.15) is 11.0 Å². The summed E-state index contributed by atoms with van der Waals surface area (Å²) in [6.07, 6.45) is 2.26. The van der Waals surface area contributed by atoms with Crippen LogP contribution in [0, 0.1) is 12.3 Å². The predicted molar refractivity (Wildman–Crippen MR) is 101 cm³/mol. The second-order valence-electron chi connectivity index (χ2n) is 8.15. The zero-order valence-corrected chi connectivity index (χ0v) is 16.6. The quantitative estimate of drug-likeness (QED) is 0.794. The third-order valence-electron chi connectivity index (χ3n) is 4.22. The summed E-state index contributed by atoms with van der Waals surface area (Å²) in [4.78, 5) is 14.4. The first kappa shape index (κ1) is 19.4. The van der Waals surface area contributed by atoms with Gasteiger partial charge in [-0.2, -0.15) is 10.2 Å². The molecule has 0 aliphatic carbocycles. The number of nitrogens with zero attached hydrogens (tertiary/aromatic N) is 5. The number of aryl methyl sites for hydroxylation is 2.